The Balaban J connectivity index is 2.37. The van der Waals surface area contributed by atoms with E-state index in [1.807, 2.05) is 7.05 Å². The number of ether oxygens (including phenoxy) is 1. The molecule has 0 aliphatic carbocycles. The quantitative estimate of drug-likeness (QED) is 0.822. The Morgan fingerprint density at radius 2 is 2.21 bits per heavy atom. The number of halogens is 2. The zero-order valence-corrected chi connectivity index (χ0v) is 13.4. The molecule has 0 fully saturated rings. The van der Waals surface area contributed by atoms with E-state index in [1.54, 1.807) is 25.3 Å². The van der Waals surface area contributed by atoms with Crippen molar-refractivity contribution in [3.05, 3.63) is 33.3 Å². The van der Waals surface area contributed by atoms with Gasteiger partial charge >= 0.3 is 0 Å². The number of hydrogen-bond donors (Lipinski definition) is 1. The highest BCUT2D eigenvalue weighted by Crippen LogP contribution is 2.22. The van der Waals surface area contributed by atoms with Gasteiger partial charge in [0.05, 0.1) is 11.6 Å². The third-order valence-electron chi connectivity index (χ3n) is 2.64. The average Bonchev–Trinajstić information content (AvgIpc) is 2.39. The van der Waals surface area contributed by atoms with Gasteiger partial charge in [0.2, 0.25) is 0 Å². The number of hydrogen-bond acceptors (Lipinski definition) is 3. The summed E-state index contributed by atoms with van der Waals surface area (Å²) in [6.45, 7) is 2.90. The van der Waals surface area contributed by atoms with Crippen molar-refractivity contribution in [3.8, 4) is 0 Å². The van der Waals surface area contributed by atoms with E-state index in [-0.39, 0.29) is 5.91 Å². The molecule has 0 heterocycles. The first-order chi connectivity index (χ1) is 9.04. The number of likely N-dealkylation sites (N-methyl/N-ethyl adjacent to an activating group) is 1. The van der Waals surface area contributed by atoms with Crippen molar-refractivity contribution < 1.29 is 9.53 Å². The summed E-state index contributed by atoms with van der Waals surface area (Å²) < 4.78 is 5.77. The van der Waals surface area contributed by atoms with Gasteiger partial charge in [0.1, 0.15) is 0 Å². The third-order valence-corrected chi connectivity index (χ3v) is 3.87. The Kier molecular flexibility index (Phi) is 7.38. The van der Waals surface area contributed by atoms with E-state index in [0.717, 1.165) is 17.6 Å². The van der Waals surface area contributed by atoms with Crippen LogP contribution in [-0.4, -0.2) is 51.2 Å². The minimum Gasteiger partial charge on any atom is -0.383 e. The predicted molar refractivity (Wildman–Crippen MR) is 80.9 cm³/mol. The van der Waals surface area contributed by atoms with Crippen molar-refractivity contribution in [3.63, 3.8) is 0 Å². The summed E-state index contributed by atoms with van der Waals surface area (Å²) in [6, 6.07) is 5.15. The van der Waals surface area contributed by atoms with Gasteiger partial charge in [-0.25, -0.2) is 0 Å². The molecule has 0 bridgehead atoms. The maximum atomic E-state index is 11.9. The van der Waals surface area contributed by atoms with Crippen molar-refractivity contribution in [2.75, 3.05) is 40.4 Å². The molecule has 4 nitrogen and oxygen atoms in total. The maximum Gasteiger partial charge on any atom is 0.251 e. The summed E-state index contributed by atoms with van der Waals surface area (Å²) >= 11 is 9.24. The second-order valence-corrected chi connectivity index (χ2v) is 5.44. The number of nitrogens with one attached hydrogen (secondary N) is 1. The van der Waals surface area contributed by atoms with Crippen molar-refractivity contribution in [1.29, 1.82) is 0 Å². The lowest BCUT2D eigenvalue weighted by atomic mass is 10.2. The molecule has 0 atom stereocenters. The van der Waals surface area contributed by atoms with Gasteiger partial charge in [-0.3, -0.25) is 4.79 Å². The number of carbonyl (C=O) groups excluding carboxylic acids is 1. The van der Waals surface area contributed by atoms with Crippen LogP contribution in [0.3, 0.4) is 0 Å². The molecule has 0 aromatic heterocycles. The van der Waals surface area contributed by atoms with E-state index in [1.165, 1.54) is 0 Å². The SMILES string of the molecule is COCCN(C)CCNC(=O)c1ccc(Br)c(Cl)c1. The molecule has 0 unspecified atom stereocenters. The molecule has 0 aliphatic rings. The first-order valence-corrected chi connectivity index (χ1v) is 7.12. The molecule has 1 amide bonds. The molecule has 0 spiro atoms. The van der Waals surface area contributed by atoms with Crippen LogP contribution in [0.4, 0.5) is 0 Å². The highest BCUT2D eigenvalue weighted by atomic mass is 79.9. The normalized spacial score (nSPS) is 10.8. The van der Waals surface area contributed by atoms with Crippen LogP contribution in [-0.2, 0) is 4.74 Å². The van der Waals surface area contributed by atoms with Crippen LogP contribution in [0.2, 0.25) is 5.02 Å². The zero-order valence-electron chi connectivity index (χ0n) is 11.1. The van der Waals surface area contributed by atoms with Crippen LogP contribution >= 0.6 is 27.5 Å². The molecule has 1 aromatic carbocycles. The average molecular weight is 350 g/mol. The highest BCUT2D eigenvalue weighted by molar-refractivity contribution is 9.10. The van der Waals surface area contributed by atoms with Gasteiger partial charge in [-0.2, -0.15) is 0 Å². The Hall–Kier alpha value is -0.620. The number of nitrogens with zero attached hydrogens (tertiary/aromatic N) is 1. The Morgan fingerprint density at radius 3 is 2.84 bits per heavy atom. The van der Waals surface area contributed by atoms with Gasteiger partial charge in [0, 0.05) is 36.8 Å². The standard InChI is InChI=1S/C13H18BrClN2O2/c1-17(7-8-19-2)6-5-16-13(18)10-3-4-11(14)12(15)9-10/h3-4,9H,5-8H2,1-2H3,(H,16,18). The van der Waals surface area contributed by atoms with Gasteiger partial charge in [-0.05, 0) is 41.2 Å². The number of carbonyl (C=O) groups is 1. The lowest BCUT2D eigenvalue weighted by molar-refractivity contribution is 0.0947. The number of amides is 1. The fourth-order valence-electron chi connectivity index (χ4n) is 1.46. The predicted octanol–water partition coefficient (Wildman–Crippen LogP) is 2.41. The van der Waals surface area contributed by atoms with Gasteiger partial charge in [0.25, 0.3) is 5.91 Å². The number of rotatable bonds is 7. The molecule has 1 N–H and O–H groups in total. The fourth-order valence-corrected chi connectivity index (χ4v) is 1.89. The van der Waals surface area contributed by atoms with E-state index < -0.39 is 0 Å². The Bertz CT molecular complexity index is 429. The van der Waals surface area contributed by atoms with Gasteiger partial charge in [0.15, 0.2) is 0 Å². The molecular formula is C13H18BrClN2O2. The van der Waals surface area contributed by atoms with Crippen LogP contribution in [0.1, 0.15) is 10.4 Å². The smallest absolute Gasteiger partial charge is 0.251 e. The van der Waals surface area contributed by atoms with Gasteiger partial charge in [-0.1, -0.05) is 11.6 Å². The summed E-state index contributed by atoms with van der Waals surface area (Å²) in [5.74, 6) is -0.116. The summed E-state index contributed by atoms with van der Waals surface area (Å²) in [5.41, 5.74) is 0.563. The largest absolute Gasteiger partial charge is 0.383 e. The molecule has 0 saturated carbocycles. The Labute approximate surface area is 127 Å². The zero-order chi connectivity index (χ0) is 14.3. The van der Waals surface area contributed by atoms with Crippen molar-refractivity contribution in [1.82, 2.24) is 10.2 Å². The van der Waals surface area contributed by atoms with Crippen molar-refractivity contribution in [2.45, 2.75) is 0 Å². The minimum atomic E-state index is -0.116. The minimum absolute atomic E-state index is 0.116. The van der Waals surface area contributed by atoms with E-state index >= 15 is 0 Å². The molecule has 0 radical (unpaired) electrons. The Morgan fingerprint density at radius 1 is 1.47 bits per heavy atom. The maximum absolute atomic E-state index is 11.9. The van der Waals surface area contributed by atoms with E-state index in [0.29, 0.717) is 23.7 Å². The first kappa shape index (κ1) is 16.4. The molecule has 1 rings (SSSR count). The summed E-state index contributed by atoms with van der Waals surface area (Å²) in [4.78, 5) is 14.0. The second-order valence-electron chi connectivity index (χ2n) is 4.18. The molecule has 1 aromatic rings. The summed E-state index contributed by atoms with van der Waals surface area (Å²) in [7, 11) is 3.66. The third kappa shape index (κ3) is 5.91. The van der Waals surface area contributed by atoms with Gasteiger partial charge in [-0.15, -0.1) is 0 Å². The van der Waals surface area contributed by atoms with Crippen LogP contribution in [0.25, 0.3) is 0 Å². The summed E-state index contributed by atoms with van der Waals surface area (Å²) in [6.07, 6.45) is 0. The van der Waals surface area contributed by atoms with Crippen LogP contribution in [0.15, 0.2) is 22.7 Å². The monoisotopic (exact) mass is 348 g/mol. The van der Waals surface area contributed by atoms with Gasteiger partial charge < -0.3 is 15.0 Å². The van der Waals surface area contributed by atoms with Crippen molar-refractivity contribution in [2.24, 2.45) is 0 Å². The summed E-state index contributed by atoms with van der Waals surface area (Å²) in [5, 5.41) is 3.39. The molecule has 106 valence electrons. The van der Waals surface area contributed by atoms with Crippen molar-refractivity contribution >= 4 is 33.4 Å². The molecule has 0 saturated heterocycles. The van der Waals surface area contributed by atoms with E-state index in [9.17, 15) is 4.79 Å². The number of methoxy groups -OCH3 is 1. The van der Waals surface area contributed by atoms with E-state index in [2.05, 4.69) is 26.1 Å². The second kappa shape index (κ2) is 8.53. The molecule has 0 aliphatic heterocycles. The molecule has 19 heavy (non-hydrogen) atoms. The number of benzene rings is 1. The highest BCUT2D eigenvalue weighted by Gasteiger charge is 2.07. The topological polar surface area (TPSA) is 41.6 Å². The fraction of sp³-hybridized carbons (Fsp3) is 0.462. The van der Waals surface area contributed by atoms with Crippen LogP contribution in [0, 0.1) is 0 Å². The lowest BCUT2D eigenvalue weighted by Gasteiger charge is -2.16. The van der Waals surface area contributed by atoms with Crippen LogP contribution in [0.5, 0.6) is 0 Å². The molecule has 6 heteroatoms. The molecular weight excluding hydrogens is 332 g/mol. The van der Waals surface area contributed by atoms with Crippen LogP contribution < -0.4 is 5.32 Å². The first-order valence-electron chi connectivity index (χ1n) is 5.95. The van der Waals surface area contributed by atoms with E-state index in [4.69, 9.17) is 16.3 Å². The lowest BCUT2D eigenvalue weighted by Crippen LogP contribution is -2.34.